The normalized spacial score (nSPS) is 11.4. The molecule has 0 radical (unpaired) electrons. The molecular weight excluding hydrogens is 368 g/mol. The molecule has 0 fully saturated rings. The van der Waals surface area contributed by atoms with Gasteiger partial charge in [0.15, 0.2) is 5.16 Å². The van der Waals surface area contributed by atoms with Crippen LogP contribution >= 0.6 is 11.8 Å². The molecule has 28 heavy (non-hydrogen) atoms. The highest BCUT2D eigenvalue weighted by Crippen LogP contribution is 2.24. The van der Waals surface area contributed by atoms with Crippen molar-refractivity contribution < 1.29 is 4.79 Å². The maximum Gasteiger partial charge on any atom is 0.234 e. The van der Waals surface area contributed by atoms with Gasteiger partial charge in [0.05, 0.1) is 12.3 Å². The number of hydrogen-bond acceptors (Lipinski definition) is 4. The summed E-state index contributed by atoms with van der Waals surface area (Å²) in [5.74, 6) is 1.07. The van der Waals surface area contributed by atoms with Crippen LogP contribution in [0.5, 0.6) is 0 Å². The fourth-order valence-electron chi connectivity index (χ4n) is 2.80. The Hall–Kier alpha value is -2.60. The lowest BCUT2D eigenvalue weighted by atomic mass is 9.87. The average molecular weight is 395 g/mol. The zero-order chi connectivity index (χ0) is 20.1. The van der Waals surface area contributed by atoms with E-state index < -0.39 is 0 Å². The summed E-state index contributed by atoms with van der Waals surface area (Å²) in [6.07, 6.45) is 0. The van der Waals surface area contributed by atoms with E-state index in [1.165, 1.54) is 22.9 Å². The zero-order valence-electron chi connectivity index (χ0n) is 16.8. The van der Waals surface area contributed by atoms with Crippen molar-refractivity contribution in [2.45, 2.75) is 44.8 Å². The summed E-state index contributed by atoms with van der Waals surface area (Å²) in [5, 5.41) is 12.1. The molecule has 1 aromatic heterocycles. The van der Waals surface area contributed by atoms with Crippen LogP contribution in [-0.4, -0.2) is 26.4 Å². The predicted molar refractivity (Wildman–Crippen MR) is 115 cm³/mol. The van der Waals surface area contributed by atoms with Crippen molar-refractivity contribution in [2.24, 2.45) is 0 Å². The van der Waals surface area contributed by atoms with Gasteiger partial charge in [0.2, 0.25) is 5.91 Å². The van der Waals surface area contributed by atoms with E-state index in [1.54, 1.807) is 0 Å². The molecule has 146 valence electrons. The third-order valence-electron chi connectivity index (χ3n) is 4.45. The van der Waals surface area contributed by atoms with Crippen molar-refractivity contribution in [3.63, 3.8) is 0 Å². The number of thioether (sulfide) groups is 1. The lowest BCUT2D eigenvalue weighted by Crippen LogP contribution is -2.15. The molecule has 0 saturated heterocycles. The number of anilines is 1. The number of hydrogen-bond donors (Lipinski definition) is 1. The molecule has 0 saturated carbocycles. The number of aromatic nitrogens is 3. The highest BCUT2D eigenvalue weighted by molar-refractivity contribution is 7.99. The Morgan fingerprint density at radius 1 is 1.04 bits per heavy atom. The van der Waals surface area contributed by atoms with Crippen LogP contribution in [0.4, 0.5) is 5.69 Å². The second-order valence-corrected chi connectivity index (χ2v) is 8.71. The summed E-state index contributed by atoms with van der Waals surface area (Å²) in [6.45, 7) is 9.13. The summed E-state index contributed by atoms with van der Waals surface area (Å²) in [7, 11) is 0. The topological polar surface area (TPSA) is 59.8 Å². The molecular formula is C22H26N4OS. The van der Waals surface area contributed by atoms with Crippen molar-refractivity contribution in [1.82, 2.24) is 14.8 Å². The quantitative estimate of drug-likeness (QED) is 0.618. The second kappa shape index (κ2) is 8.61. The van der Waals surface area contributed by atoms with Crippen LogP contribution in [0.2, 0.25) is 0 Å². The van der Waals surface area contributed by atoms with Gasteiger partial charge in [-0.25, -0.2) is 0 Å². The van der Waals surface area contributed by atoms with Crippen molar-refractivity contribution in [3.05, 3.63) is 71.5 Å². The van der Waals surface area contributed by atoms with Gasteiger partial charge < -0.3 is 9.88 Å². The predicted octanol–water partition coefficient (Wildman–Crippen LogP) is 4.66. The fraction of sp³-hybridized carbons (Fsp3) is 0.318. The molecule has 0 aliphatic carbocycles. The number of nitrogens with zero attached hydrogens (tertiary/aromatic N) is 3. The third kappa shape index (κ3) is 5.23. The van der Waals surface area contributed by atoms with Crippen LogP contribution < -0.4 is 5.32 Å². The molecule has 0 aliphatic rings. The lowest BCUT2D eigenvalue weighted by Gasteiger charge is -2.19. The first-order valence-corrected chi connectivity index (χ1v) is 10.3. The van der Waals surface area contributed by atoms with Crippen molar-refractivity contribution in [2.75, 3.05) is 11.1 Å². The van der Waals surface area contributed by atoms with Gasteiger partial charge in [-0.15, -0.1) is 10.2 Å². The lowest BCUT2D eigenvalue weighted by molar-refractivity contribution is -0.113. The number of rotatable bonds is 6. The van der Waals surface area contributed by atoms with Gasteiger partial charge in [0, 0.05) is 5.69 Å². The van der Waals surface area contributed by atoms with Crippen LogP contribution in [0.15, 0.2) is 59.8 Å². The summed E-state index contributed by atoms with van der Waals surface area (Å²) in [4.78, 5) is 12.4. The van der Waals surface area contributed by atoms with Crippen LogP contribution in [0.3, 0.4) is 0 Å². The number of carbonyl (C=O) groups excluding carboxylic acids is 1. The highest BCUT2D eigenvalue weighted by atomic mass is 32.2. The largest absolute Gasteiger partial charge is 0.325 e. The van der Waals surface area contributed by atoms with Crippen molar-refractivity contribution in [3.8, 4) is 0 Å². The van der Waals surface area contributed by atoms with Crippen LogP contribution in [0.1, 0.15) is 37.7 Å². The first-order chi connectivity index (χ1) is 13.3. The average Bonchev–Trinajstić information content (AvgIpc) is 3.00. The number of nitrogens with one attached hydrogen (secondary N) is 1. The molecule has 2 aromatic carbocycles. The Labute approximate surface area is 170 Å². The molecule has 3 rings (SSSR count). The maximum atomic E-state index is 12.4. The molecule has 1 amide bonds. The monoisotopic (exact) mass is 394 g/mol. The highest BCUT2D eigenvalue weighted by Gasteiger charge is 2.14. The van der Waals surface area contributed by atoms with E-state index in [9.17, 15) is 4.79 Å². The fourth-order valence-corrected chi connectivity index (χ4v) is 3.58. The minimum absolute atomic E-state index is 0.0552. The van der Waals surface area contributed by atoms with Gasteiger partial charge in [-0.1, -0.05) is 75.0 Å². The second-order valence-electron chi connectivity index (χ2n) is 7.77. The molecule has 0 aliphatic heterocycles. The molecule has 6 heteroatoms. The van der Waals surface area contributed by atoms with Crippen LogP contribution in [-0.2, 0) is 16.8 Å². The molecule has 5 nitrogen and oxygen atoms in total. The van der Waals surface area contributed by atoms with E-state index in [4.69, 9.17) is 0 Å². The molecule has 1 N–H and O–H groups in total. The number of amides is 1. The van der Waals surface area contributed by atoms with E-state index in [-0.39, 0.29) is 17.1 Å². The Kier molecular flexibility index (Phi) is 6.19. The molecule has 1 heterocycles. The van der Waals surface area contributed by atoms with Gasteiger partial charge in [-0.05, 0) is 35.6 Å². The summed E-state index contributed by atoms with van der Waals surface area (Å²) in [5.41, 5.74) is 3.32. The van der Waals surface area contributed by atoms with E-state index in [2.05, 4.69) is 60.6 Å². The van der Waals surface area contributed by atoms with Crippen molar-refractivity contribution in [1.29, 1.82) is 0 Å². The summed E-state index contributed by atoms with van der Waals surface area (Å²) >= 11 is 1.40. The SMILES string of the molecule is Cc1nnc(SCC(=O)Nc2ccc(C(C)(C)C)cc2)n1Cc1ccccc1. The number of aryl methyl sites for hydroxylation is 1. The first kappa shape index (κ1) is 20.1. The van der Waals surface area contributed by atoms with Gasteiger partial charge in [-0.3, -0.25) is 4.79 Å². The smallest absolute Gasteiger partial charge is 0.234 e. The molecule has 3 aromatic rings. The minimum atomic E-state index is -0.0552. The summed E-state index contributed by atoms with van der Waals surface area (Å²) < 4.78 is 2.03. The van der Waals surface area contributed by atoms with Gasteiger partial charge in [0.25, 0.3) is 0 Å². The third-order valence-corrected chi connectivity index (χ3v) is 5.42. The first-order valence-electron chi connectivity index (χ1n) is 9.30. The number of carbonyl (C=O) groups is 1. The van der Waals surface area contributed by atoms with Gasteiger partial charge >= 0.3 is 0 Å². The maximum absolute atomic E-state index is 12.4. The Balaban J connectivity index is 1.59. The Morgan fingerprint density at radius 2 is 1.71 bits per heavy atom. The van der Waals surface area contributed by atoms with Crippen molar-refractivity contribution >= 4 is 23.4 Å². The molecule has 0 spiro atoms. The van der Waals surface area contributed by atoms with E-state index >= 15 is 0 Å². The van der Waals surface area contributed by atoms with E-state index in [0.29, 0.717) is 6.54 Å². The number of benzene rings is 2. The molecule has 0 atom stereocenters. The minimum Gasteiger partial charge on any atom is -0.325 e. The Morgan fingerprint density at radius 3 is 2.36 bits per heavy atom. The zero-order valence-corrected chi connectivity index (χ0v) is 17.6. The van der Waals surface area contributed by atoms with E-state index in [0.717, 1.165) is 16.7 Å². The van der Waals surface area contributed by atoms with Crippen LogP contribution in [0.25, 0.3) is 0 Å². The molecule has 0 unspecified atom stereocenters. The van der Waals surface area contributed by atoms with E-state index in [1.807, 2.05) is 41.8 Å². The summed E-state index contributed by atoms with van der Waals surface area (Å²) in [6, 6.07) is 18.2. The van der Waals surface area contributed by atoms with Gasteiger partial charge in [0.1, 0.15) is 5.82 Å². The standard InChI is InChI=1S/C22H26N4OS/c1-16-24-25-21(26(16)14-17-8-6-5-7-9-17)28-15-20(27)23-19-12-10-18(11-13-19)22(2,3)4/h5-13H,14-15H2,1-4H3,(H,23,27). The molecule has 0 bridgehead atoms. The van der Waals surface area contributed by atoms with Gasteiger partial charge in [-0.2, -0.15) is 0 Å². The van der Waals surface area contributed by atoms with Crippen LogP contribution in [0, 0.1) is 6.92 Å². The Bertz CT molecular complexity index is 927.